The maximum atomic E-state index is 12.3. The zero-order chi connectivity index (χ0) is 19.9. The van der Waals surface area contributed by atoms with Gasteiger partial charge in [0.25, 0.3) is 5.91 Å². The molecule has 1 heterocycles. The number of nitrogens with one attached hydrogen (secondary N) is 3. The first-order valence-electron chi connectivity index (χ1n) is 8.47. The summed E-state index contributed by atoms with van der Waals surface area (Å²) >= 11 is 0. The van der Waals surface area contributed by atoms with Gasteiger partial charge in [-0.1, -0.05) is 6.07 Å². The van der Waals surface area contributed by atoms with Crippen LogP contribution < -0.4 is 20.7 Å². The van der Waals surface area contributed by atoms with Gasteiger partial charge in [0, 0.05) is 30.1 Å². The standard InChI is InChI=1S/C20H19N5O3/c1-13(26)21-14-6-8-15(9-7-14)22-19-11-10-18(24-25-19)20(27)23-16-4-3-5-17(12-16)28-2/h3-12H,1-2H3,(H,21,26)(H,22,25)(H,23,27). The maximum absolute atomic E-state index is 12.3. The summed E-state index contributed by atoms with van der Waals surface area (Å²) in [5, 5.41) is 16.5. The first-order valence-corrected chi connectivity index (χ1v) is 8.47. The quantitative estimate of drug-likeness (QED) is 0.608. The van der Waals surface area contributed by atoms with Crippen LogP contribution in [-0.4, -0.2) is 29.1 Å². The van der Waals surface area contributed by atoms with Crippen LogP contribution in [0.1, 0.15) is 17.4 Å². The predicted molar refractivity (Wildman–Crippen MR) is 107 cm³/mol. The first kappa shape index (κ1) is 18.8. The summed E-state index contributed by atoms with van der Waals surface area (Å²) in [6, 6.07) is 17.4. The molecule has 0 spiro atoms. The van der Waals surface area contributed by atoms with E-state index < -0.39 is 0 Å². The second-order valence-electron chi connectivity index (χ2n) is 5.87. The molecule has 2 amide bonds. The highest BCUT2D eigenvalue weighted by atomic mass is 16.5. The lowest BCUT2D eigenvalue weighted by Gasteiger charge is -2.08. The highest BCUT2D eigenvalue weighted by Gasteiger charge is 2.09. The van der Waals surface area contributed by atoms with Crippen molar-refractivity contribution in [1.29, 1.82) is 0 Å². The van der Waals surface area contributed by atoms with E-state index >= 15 is 0 Å². The van der Waals surface area contributed by atoms with Crippen molar-refractivity contribution < 1.29 is 14.3 Å². The largest absolute Gasteiger partial charge is 0.497 e. The van der Waals surface area contributed by atoms with Crippen molar-refractivity contribution in [3.63, 3.8) is 0 Å². The molecule has 142 valence electrons. The SMILES string of the molecule is COc1cccc(NC(=O)c2ccc(Nc3ccc(NC(C)=O)cc3)nn2)c1. The number of anilines is 4. The highest BCUT2D eigenvalue weighted by Crippen LogP contribution is 2.19. The Morgan fingerprint density at radius 2 is 1.61 bits per heavy atom. The van der Waals surface area contributed by atoms with Crippen LogP contribution in [0.2, 0.25) is 0 Å². The average Bonchev–Trinajstić information content (AvgIpc) is 2.70. The average molecular weight is 377 g/mol. The minimum atomic E-state index is -0.369. The number of amides is 2. The summed E-state index contributed by atoms with van der Waals surface area (Å²) in [5.41, 5.74) is 2.27. The van der Waals surface area contributed by atoms with Gasteiger partial charge in [0.1, 0.15) is 5.75 Å². The number of hydrogen-bond donors (Lipinski definition) is 3. The molecule has 0 aliphatic rings. The smallest absolute Gasteiger partial charge is 0.276 e. The van der Waals surface area contributed by atoms with Gasteiger partial charge in [-0.15, -0.1) is 10.2 Å². The molecule has 8 nitrogen and oxygen atoms in total. The van der Waals surface area contributed by atoms with Gasteiger partial charge in [0.05, 0.1) is 7.11 Å². The number of methoxy groups -OCH3 is 1. The van der Waals surface area contributed by atoms with Gasteiger partial charge in [-0.3, -0.25) is 9.59 Å². The van der Waals surface area contributed by atoms with Crippen LogP contribution in [0.4, 0.5) is 22.9 Å². The van der Waals surface area contributed by atoms with E-state index in [1.54, 1.807) is 67.8 Å². The molecule has 8 heteroatoms. The maximum Gasteiger partial charge on any atom is 0.276 e. The lowest BCUT2D eigenvalue weighted by Crippen LogP contribution is -2.14. The van der Waals surface area contributed by atoms with E-state index in [-0.39, 0.29) is 17.5 Å². The van der Waals surface area contributed by atoms with E-state index in [0.717, 1.165) is 5.69 Å². The van der Waals surface area contributed by atoms with E-state index in [9.17, 15) is 9.59 Å². The predicted octanol–water partition coefficient (Wildman–Crippen LogP) is 3.44. The number of rotatable bonds is 6. The van der Waals surface area contributed by atoms with E-state index in [1.807, 2.05) is 0 Å². The van der Waals surface area contributed by atoms with Crippen LogP contribution in [0.5, 0.6) is 5.75 Å². The van der Waals surface area contributed by atoms with Crippen LogP contribution in [-0.2, 0) is 4.79 Å². The monoisotopic (exact) mass is 377 g/mol. The second kappa shape index (κ2) is 8.63. The van der Waals surface area contributed by atoms with Gasteiger partial charge in [-0.2, -0.15) is 0 Å². The van der Waals surface area contributed by atoms with Crippen molar-refractivity contribution in [3.05, 3.63) is 66.4 Å². The van der Waals surface area contributed by atoms with Crippen molar-refractivity contribution in [3.8, 4) is 5.75 Å². The molecular weight excluding hydrogens is 358 g/mol. The van der Waals surface area contributed by atoms with Gasteiger partial charge in [0.15, 0.2) is 11.5 Å². The summed E-state index contributed by atoms with van der Waals surface area (Å²) in [4.78, 5) is 23.3. The number of hydrogen-bond acceptors (Lipinski definition) is 6. The van der Waals surface area contributed by atoms with Gasteiger partial charge in [-0.25, -0.2) is 0 Å². The van der Waals surface area contributed by atoms with Crippen molar-refractivity contribution in [1.82, 2.24) is 10.2 Å². The minimum absolute atomic E-state index is 0.130. The summed E-state index contributed by atoms with van der Waals surface area (Å²) in [6.07, 6.45) is 0. The van der Waals surface area contributed by atoms with Gasteiger partial charge >= 0.3 is 0 Å². The van der Waals surface area contributed by atoms with Crippen LogP contribution in [0.25, 0.3) is 0 Å². The molecule has 3 rings (SSSR count). The molecule has 3 aromatic rings. The summed E-state index contributed by atoms with van der Waals surface area (Å²) < 4.78 is 5.13. The van der Waals surface area contributed by atoms with E-state index in [1.165, 1.54) is 6.92 Å². The van der Waals surface area contributed by atoms with E-state index in [4.69, 9.17) is 4.74 Å². The molecule has 28 heavy (non-hydrogen) atoms. The zero-order valence-electron chi connectivity index (χ0n) is 15.4. The van der Waals surface area contributed by atoms with Crippen molar-refractivity contribution in [2.75, 3.05) is 23.1 Å². The minimum Gasteiger partial charge on any atom is -0.497 e. The summed E-state index contributed by atoms with van der Waals surface area (Å²) in [7, 11) is 1.56. The third kappa shape index (κ3) is 5.04. The fourth-order valence-corrected chi connectivity index (χ4v) is 2.40. The molecule has 1 aromatic heterocycles. The number of ether oxygens (including phenoxy) is 1. The zero-order valence-corrected chi connectivity index (χ0v) is 15.4. The third-order valence-electron chi connectivity index (χ3n) is 3.70. The number of benzene rings is 2. The van der Waals surface area contributed by atoms with Gasteiger partial charge in [-0.05, 0) is 48.5 Å². The highest BCUT2D eigenvalue weighted by molar-refractivity contribution is 6.02. The van der Waals surface area contributed by atoms with Gasteiger partial charge in [0.2, 0.25) is 5.91 Å². The molecule has 0 atom stereocenters. The molecule has 2 aromatic carbocycles. The fraction of sp³-hybridized carbons (Fsp3) is 0.100. The molecule has 3 N–H and O–H groups in total. The lowest BCUT2D eigenvalue weighted by atomic mass is 10.2. The Hall–Kier alpha value is -3.94. The molecule has 0 saturated carbocycles. The number of nitrogens with zero attached hydrogens (tertiary/aromatic N) is 2. The molecule has 0 radical (unpaired) electrons. The second-order valence-corrected chi connectivity index (χ2v) is 5.87. The van der Waals surface area contributed by atoms with Crippen molar-refractivity contribution in [2.45, 2.75) is 6.92 Å². The van der Waals surface area contributed by atoms with E-state index in [0.29, 0.717) is 22.9 Å². The first-order chi connectivity index (χ1) is 13.5. The number of aromatic nitrogens is 2. The fourth-order valence-electron chi connectivity index (χ4n) is 2.40. The Kier molecular flexibility index (Phi) is 5.81. The topological polar surface area (TPSA) is 105 Å². The number of carbonyl (C=O) groups excluding carboxylic acids is 2. The van der Waals surface area contributed by atoms with Crippen LogP contribution in [0, 0.1) is 0 Å². The third-order valence-corrected chi connectivity index (χ3v) is 3.70. The summed E-state index contributed by atoms with van der Waals surface area (Å²) in [5.74, 6) is 0.638. The Morgan fingerprint density at radius 1 is 0.857 bits per heavy atom. The normalized spacial score (nSPS) is 10.1. The molecule has 0 aliphatic carbocycles. The van der Waals surface area contributed by atoms with Crippen LogP contribution >= 0.6 is 0 Å². The molecule has 0 unspecified atom stereocenters. The molecule has 0 fully saturated rings. The van der Waals surface area contributed by atoms with Crippen LogP contribution in [0.3, 0.4) is 0 Å². The lowest BCUT2D eigenvalue weighted by molar-refractivity contribution is -0.114. The summed E-state index contributed by atoms with van der Waals surface area (Å²) in [6.45, 7) is 1.45. The Bertz CT molecular complexity index is 972. The molecule has 0 aliphatic heterocycles. The Balaban J connectivity index is 1.62. The van der Waals surface area contributed by atoms with Crippen molar-refractivity contribution >= 4 is 34.7 Å². The van der Waals surface area contributed by atoms with Gasteiger partial charge < -0.3 is 20.7 Å². The number of carbonyl (C=O) groups is 2. The van der Waals surface area contributed by atoms with E-state index in [2.05, 4.69) is 26.1 Å². The molecule has 0 saturated heterocycles. The molecule has 0 bridgehead atoms. The van der Waals surface area contributed by atoms with Crippen molar-refractivity contribution in [2.24, 2.45) is 0 Å². The van der Waals surface area contributed by atoms with Crippen LogP contribution in [0.15, 0.2) is 60.7 Å². The Labute approximate surface area is 161 Å². The Morgan fingerprint density at radius 3 is 2.25 bits per heavy atom. The molecular formula is C20H19N5O3.